The molecule has 1 saturated heterocycles. The van der Waals surface area contributed by atoms with Gasteiger partial charge >= 0.3 is 0 Å². The van der Waals surface area contributed by atoms with Crippen LogP contribution in [-0.2, 0) is 17.8 Å². The van der Waals surface area contributed by atoms with Crippen molar-refractivity contribution in [3.8, 4) is 11.4 Å². The van der Waals surface area contributed by atoms with Crippen LogP contribution in [0.15, 0.2) is 48.8 Å². The van der Waals surface area contributed by atoms with Crippen molar-refractivity contribution in [1.82, 2.24) is 25.1 Å². The highest BCUT2D eigenvalue weighted by Crippen LogP contribution is 2.27. The Morgan fingerprint density at radius 3 is 2.73 bits per heavy atom. The van der Waals surface area contributed by atoms with E-state index in [1.165, 1.54) is 17.5 Å². The number of nitrogens with one attached hydrogen (secondary N) is 1. The third-order valence-corrected chi connectivity index (χ3v) is 5.87. The molecule has 3 heterocycles. The van der Waals surface area contributed by atoms with Crippen molar-refractivity contribution in [2.75, 3.05) is 25.0 Å². The monoisotopic (exact) mass is 404 g/mol. The van der Waals surface area contributed by atoms with E-state index < -0.39 is 0 Å². The maximum atomic E-state index is 12.7. The van der Waals surface area contributed by atoms with Crippen LogP contribution in [0, 0.1) is 5.92 Å². The molecule has 1 N–H and O–H groups in total. The molecule has 0 atom stereocenters. The molecule has 30 heavy (non-hydrogen) atoms. The summed E-state index contributed by atoms with van der Waals surface area (Å²) in [6, 6.07) is 14.0. The molecule has 0 bridgehead atoms. The van der Waals surface area contributed by atoms with Gasteiger partial charge in [0.05, 0.1) is 12.3 Å². The number of fused-ring (bicyclic) bond motifs is 1. The van der Waals surface area contributed by atoms with Crippen molar-refractivity contribution >= 4 is 11.6 Å². The van der Waals surface area contributed by atoms with E-state index in [0.29, 0.717) is 0 Å². The van der Waals surface area contributed by atoms with Crippen LogP contribution in [0.2, 0.25) is 0 Å². The second kappa shape index (κ2) is 8.23. The fraction of sp³-hybridized carbons (Fsp3) is 0.364. The number of nitrogens with zero attached hydrogens (tertiary/aromatic N) is 5. The van der Waals surface area contributed by atoms with Crippen LogP contribution in [0.25, 0.3) is 5.69 Å². The van der Waals surface area contributed by atoms with Crippen molar-refractivity contribution in [2.24, 2.45) is 5.92 Å². The molecule has 2 aromatic carbocycles. The van der Waals surface area contributed by atoms with Crippen molar-refractivity contribution in [3.63, 3.8) is 0 Å². The molecule has 8 heteroatoms. The van der Waals surface area contributed by atoms with Gasteiger partial charge in [-0.3, -0.25) is 9.69 Å². The van der Waals surface area contributed by atoms with Gasteiger partial charge < -0.3 is 10.1 Å². The molecule has 0 unspecified atom stereocenters. The van der Waals surface area contributed by atoms with E-state index in [1.807, 2.05) is 24.3 Å². The van der Waals surface area contributed by atoms with E-state index in [0.717, 1.165) is 62.6 Å². The molecule has 0 radical (unpaired) electrons. The number of anilines is 1. The Labute approximate surface area is 174 Å². The molecule has 2 aliphatic rings. The first-order valence-corrected chi connectivity index (χ1v) is 10.4. The number of ether oxygens (including phenoxy) is 1. The SMILES string of the molecule is O=C(Nc1ccc(-n2cnnn2)cc1)C1CCN(Cc2ccc3c(c2)CCO3)CC1. The summed E-state index contributed by atoms with van der Waals surface area (Å²) in [7, 11) is 0. The number of hydrogen-bond acceptors (Lipinski definition) is 6. The minimum atomic E-state index is 0.0499. The molecule has 1 aromatic heterocycles. The molecule has 8 nitrogen and oxygen atoms in total. The summed E-state index contributed by atoms with van der Waals surface area (Å²) in [4.78, 5) is 15.1. The number of tetrazole rings is 1. The predicted octanol–water partition coefficient (Wildman–Crippen LogP) is 2.45. The van der Waals surface area contributed by atoms with Gasteiger partial charge in [-0.1, -0.05) is 12.1 Å². The van der Waals surface area contributed by atoms with Gasteiger partial charge in [0.15, 0.2) is 0 Å². The Morgan fingerprint density at radius 2 is 1.97 bits per heavy atom. The maximum Gasteiger partial charge on any atom is 0.227 e. The summed E-state index contributed by atoms with van der Waals surface area (Å²) in [5.41, 5.74) is 4.28. The van der Waals surface area contributed by atoms with Gasteiger partial charge in [0, 0.05) is 24.6 Å². The van der Waals surface area contributed by atoms with E-state index in [2.05, 4.69) is 43.9 Å². The van der Waals surface area contributed by atoms with Gasteiger partial charge in [-0.2, -0.15) is 0 Å². The quantitative estimate of drug-likeness (QED) is 0.703. The normalized spacial score (nSPS) is 16.8. The van der Waals surface area contributed by atoms with Crippen LogP contribution in [0.3, 0.4) is 0 Å². The van der Waals surface area contributed by atoms with Gasteiger partial charge in [-0.15, -0.1) is 5.10 Å². The third kappa shape index (κ3) is 4.04. The summed E-state index contributed by atoms with van der Waals surface area (Å²) in [5, 5.41) is 14.2. The summed E-state index contributed by atoms with van der Waals surface area (Å²) < 4.78 is 7.17. The lowest BCUT2D eigenvalue weighted by Crippen LogP contribution is -2.37. The van der Waals surface area contributed by atoms with E-state index >= 15 is 0 Å². The molecule has 0 spiro atoms. The second-order valence-corrected chi connectivity index (χ2v) is 7.88. The third-order valence-electron chi connectivity index (χ3n) is 5.87. The zero-order valence-electron chi connectivity index (χ0n) is 16.7. The Kier molecular flexibility index (Phi) is 5.15. The Balaban J connectivity index is 1.12. The molecule has 0 aliphatic carbocycles. The van der Waals surface area contributed by atoms with Gasteiger partial charge in [0.2, 0.25) is 5.91 Å². The molecular formula is C22H24N6O2. The topological polar surface area (TPSA) is 85.2 Å². The molecule has 1 amide bonds. The number of carbonyl (C=O) groups is 1. The zero-order chi connectivity index (χ0) is 20.3. The van der Waals surface area contributed by atoms with Gasteiger partial charge in [0.1, 0.15) is 12.1 Å². The summed E-state index contributed by atoms with van der Waals surface area (Å²) in [6.07, 6.45) is 4.30. The average molecular weight is 404 g/mol. The maximum absolute atomic E-state index is 12.7. The molecule has 3 aromatic rings. The molecule has 1 fully saturated rings. The largest absolute Gasteiger partial charge is 0.493 e. The first-order valence-electron chi connectivity index (χ1n) is 10.4. The van der Waals surface area contributed by atoms with Crippen LogP contribution in [0.1, 0.15) is 24.0 Å². The van der Waals surface area contributed by atoms with E-state index in [4.69, 9.17) is 4.74 Å². The molecule has 5 rings (SSSR count). The summed E-state index contributed by atoms with van der Waals surface area (Å²) in [6.45, 7) is 3.59. The number of carbonyl (C=O) groups excluding carboxylic acids is 1. The summed E-state index contributed by atoms with van der Waals surface area (Å²) in [5.74, 6) is 1.17. The Morgan fingerprint density at radius 1 is 1.13 bits per heavy atom. The number of hydrogen-bond donors (Lipinski definition) is 1. The van der Waals surface area contributed by atoms with Crippen LogP contribution in [-0.4, -0.2) is 50.7 Å². The van der Waals surface area contributed by atoms with Crippen molar-refractivity contribution in [1.29, 1.82) is 0 Å². The lowest BCUT2D eigenvalue weighted by molar-refractivity contribution is -0.121. The fourth-order valence-corrected chi connectivity index (χ4v) is 4.17. The fourth-order valence-electron chi connectivity index (χ4n) is 4.17. The van der Waals surface area contributed by atoms with Crippen molar-refractivity contribution in [2.45, 2.75) is 25.8 Å². The number of rotatable bonds is 5. The summed E-state index contributed by atoms with van der Waals surface area (Å²) >= 11 is 0. The number of piperidine rings is 1. The standard InChI is InChI=1S/C22H24N6O2/c29-22(24-19-2-4-20(5-3-19)28-15-23-25-26-28)17-7-10-27(11-8-17)14-16-1-6-21-18(13-16)9-12-30-21/h1-6,13,15,17H,7-12,14H2,(H,24,29). The minimum Gasteiger partial charge on any atom is -0.493 e. The van der Waals surface area contributed by atoms with Gasteiger partial charge in [-0.25, -0.2) is 4.68 Å². The van der Waals surface area contributed by atoms with E-state index in [1.54, 1.807) is 4.68 Å². The number of aromatic nitrogens is 4. The average Bonchev–Trinajstić information content (AvgIpc) is 3.47. The lowest BCUT2D eigenvalue weighted by atomic mass is 9.95. The number of likely N-dealkylation sites (tertiary alicyclic amines) is 1. The van der Waals surface area contributed by atoms with Crippen molar-refractivity contribution < 1.29 is 9.53 Å². The van der Waals surface area contributed by atoms with E-state index in [9.17, 15) is 4.79 Å². The first-order chi connectivity index (χ1) is 14.7. The highest BCUT2D eigenvalue weighted by atomic mass is 16.5. The number of benzene rings is 2. The van der Waals surface area contributed by atoms with Crippen LogP contribution >= 0.6 is 0 Å². The highest BCUT2D eigenvalue weighted by Gasteiger charge is 2.25. The predicted molar refractivity (Wildman–Crippen MR) is 111 cm³/mol. The second-order valence-electron chi connectivity index (χ2n) is 7.88. The van der Waals surface area contributed by atoms with Crippen LogP contribution < -0.4 is 10.1 Å². The molecule has 2 aliphatic heterocycles. The Bertz CT molecular complexity index is 1010. The van der Waals surface area contributed by atoms with Gasteiger partial charge in [0.25, 0.3) is 0 Å². The van der Waals surface area contributed by atoms with Gasteiger partial charge in [-0.05, 0) is 77.8 Å². The minimum absolute atomic E-state index is 0.0499. The first kappa shape index (κ1) is 18.7. The Hall–Kier alpha value is -3.26. The smallest absolute Gasteiger partial charge is 0.227 e. The number of amides is 1. The van der Waals surface area contributed by atoms with E-state index in [-0.39, 0.29) is 11.8 Å². The van der Waals surface area contributed by atoms with Crippen LogP contribution in [0.4, 0.5) is 5.69 Å². The molecular weight excluding hydrogens is 380 g/mol. The molecule has 0 saturated carbocycles. The zero-order valence-corrected chi connectivity index (χ0v) is 16.7. The lowest BCUT2D eigenvalue weighted by Gasteiger charge is -2.31. The highest BCUT2D eigenvalue weighted by molar-refractivity contribution is 5.92. The molecule has 154 valence electrons. The van der Waals surface area contributed by atoms with Crippen LogP contribution in [0.5, 0.6) is 5.75 Å². The van der Waals surface area contributed by atoms with Crippen molar-refractivity contribution in [3.05, 3.63) is 59.9 Å².